The molecule has 0 bridgehead atoms. The van der Waals surface area contributed by atoms with E-state index in [0.717, 1.165) is 35.0 Å². The third-order valence-corrected chi connectivity index (χ3v) is 12.6. The van der Waals surface area contributed by atoms with Crippen molar-refractivity contribution in [2.24, 2.45) is 0 Å². The van der Waals surface area contributed by atoms with Gasteiger partial charge in [0.15, 0.2) is 0 Å². The Morgan fingerprint density at radius 3 is 2.54 bits per heavy atom. The molecular weight excluding hydrogens is 655 g/mol. The Hall–Kier alpha value is -2.39. The molecule has 0 amide bonds. The molecule has 0 fully saturated rings. The maximum atomic E-state index is 13.3. The van der Waals surface area contributed by atoms with Gasteiger partial charge in [0, 0.05) is 0 Å². The van der Waals surface area contributed by atoms with E-state index >= 15 is 0 Å². The van der Waals surface area contributed by atoms with Gasteiger partial charge < -0.3 is 0 Å². The van der Waals surface area contributed by atoms with Crippen molar-refractivity contribution in [1.29, 1.82) is 0 Å². The quantitative estimate of drug-likeness (QED) is 0.155. The predicted octanol–water partition coefficient (Wildman–Crippen LogP) is 4.51. The number of para-hydroxylation sites is 1. The van der Waals surface area contributed by atoms with Crippen molar-refractivity contribution in [1.82, 2.24) is 0 Å². The van der Waals surface area contributed by atoms with Crippen LogP contribution < -0.4 is 13.8 Å². The summed E-state index contributed by atoms with van der Waals surface area (Å²) < 4.78 is 14.3. The van der Waals surface area contributed by atoms with Gasteiger partial charge in [-0.25, -0.2) is 0 Å². The summed E-state index contributed by atoms with van der Waals surface area (Å²) in [5, 5.41) is 1.73. The van der Waals surface area contributed by atoms with Gasteiger partial charge in [-0.2, -0.15) is 0 Å². The van der Waals surface area contributed by atoms with Crippen LogP contribution in [0.2, 0.25) is 5.02 Å². The number of hydrogen-bond donors (Lipinski definition) is 0. The minimum atomic E-state index is -0.327. The molecule has 2 aromatic heterocycles. The van der Waals surface area contributed by atoms with Gasteiger partial charge in [0.05, 0.1) is 0 Å². The molecule has 0 N–H and O–H groups in total. The van der Waals surface area contributed by atoms with Gasteiger partial charge in [-0.05, 0) is 0 Å². The number of halogens is 1. The van der Waals surface area contributed by atoms with E-state index in [1.54, 1.807) is 0 Å². The van der Waals surface area contributed by atoms with Crippen LogP contribution in [0.15, 0.2) is 83.3 Å². The SMILES string of the molecule is [2H]/C(=C1/C(=O)c2cc3cc[se]c3cc2C1=O)c1ccc(N2c3ccccc3[Se]c3cc(Cl)ccc32)[se]1. The number of anilines is 3. The van der Waals surface area contributed by atoms with Crippen LogP contribution in [0.5, 0.6) is 0 Å². The van der Waals surface area contributed by atoms with Gasteiger partial charge in [-0.1, -0.05) is 0 Å². The number of fused-ring (bicyclic) bond motifs is 4. The summed E-state index contributed by atoms with van der Waals surface area (Å²) in [6.07, 6.45) is 0. The second-order valence-electron chi connectivity index (χ2n) is 8.17. The van der Waals surface area contributed by atoms with E-state index in [4.69, 9.17) is 13.0 Å². The Labute approximate surface area is 226 Å². The van der Waals surface area contributed by atoms with Gasteiger partial charge in [0.25, 0.3) is 0 Å². The zero-order valence-electron chi connectivity index (χ0n) is 18.9. The molecule has 0 saturated carbocycles. The molecule has 3 heterocycles. The van der Waals surface area contributed by atoms with Gasteiger partial charge in [0.1, 0.15) is 0 Å². The van der Waals surface area contributed by atoms with Crippen LogP contribution in [0.4, 0.5) is 15.9 Å². The molecule has 0 radical (unpaired) electrons. The number of Topliss-reactive ketones (excluding diaryl/α,β-unsaturated/α-hetero) is 2. The minimum absolute atomic E-state index is 0.00230. The predicted molar refractivity (Wildman–Crippen MR) is 146 cm³/mol. The summed E-state index contributed by atoms with van der Waals surface area (Å²) in [4.78, 5) is 30.9. The van der Waals surface area contributed by atoms with Crippen LogP contribution in [0, 0.1) is 0 Å². The monoisotopic (exact) mass is 672 g/mol. The summed E-state index contributed by atoms with van der Waals surface area (Å²) in [6, 6.07) is 24.1. The molecule has 0 unspecified atom stereocenters. The standard InChI is InChI=1S/C28H14ClNO2Se3/c29-16-5-7-22-25(12-16)35-23-4-2-1-3-21(23)30(22)26-8-6-17(34-26)13-20-27(31)18-11-15-9-10-33-24(15)14-19(18)28(20)32/h1-14H/b20-13+/i13D. The van der Waals surface area contributed by atoms with Crippen molar-refractivity contribution in [3.8, 4) is 0 Å². The number of benzene rings is 3. The number of nitrogens with zero attached hydrogens (tertiary/aromatic N) is 1. The summed E-state index contributed by atoms with van der Waals surface area (Å²) in [5.41, 5.74) is 3.12. The van der Waals surface area contributed by atoms with Gasteiger partial charge >= 0.3 is 227 Å². The normalized spacial score (nSPS) is 16.3. The van der Waals surface area contributed by atoms with Crippen molar-refractivity contribution >= 4 is 108 Å². The van der Waals surface area contributed by atoms with Gasteiger partial charge in [-0.15, -0.1) is 0 Å². The Morgan fingerprint density at radius 1 is 0.857 bits per heavy atom. The third-order valence-electron chi connectivity index (χ3n) is 6.09. The zero-order valence-corrected chi connectivity index (χ0v) is 23.8. The molecule has 5 aromatic rings. The molecule has 3 nitrogen and oxygen atoms in total. The van der Waals surface area contributed by atoms with Crippen LogP contribution >= 0.6 is 11.6 Å². The first-order chi connectivity index (χ1) is 17.5. The molecule has 0 saturated heterocycles. The third kappa shape index (κ3) is 3.53. The van der Waals surface area contributed by atoms with E-state index in [2.05, 4.69) is 34.1 Å². The molecule has 0 spiro atoms. The Morgan fingerprint density at radius 2 is 1.66 bits per heavy atom. The molecule has 7 rings (SSSR count). The first-order valence-electron chi connectivity index (χ1n) is 11.3. The number of ketones is 2. The summed E-state index contributed by atoms with van der Waals surface area (Å²) in [6.45, 7) is 0. The zero-order chi connectivity index (χ0) is 24.6. The molecule has 3 aromatic carbocycles. The topological polar surface area (TPSA) is 37.4 Å². The summed E-state index contributed by atoms with van der Waals surface area (Å²) in [7, 11) is 0. The Balaban J connectivity index is 1.33. The number of carbonyl (C=O) groups is 2. The number of rotatable bonds is 2. The number of hydrogen-bond acceptors (Lipinski definition) is 3. The van der Waals surface area contributed by atoms with Gasteiger partial charge in [-0.3, -0.25) is 0 Å². The molecule has 168 valence electrons. The van der Waals surface area contributed by atoms with E-state index in [0.29, 0.717) is 11.1 Å². The first-order valence-corrected chi connectivity index (χ1v) is 16.4. The van der Waals surface area contributed by atoms with Crippen molar-refractivity contribution in [3.05, 3.63) is 104 Å². The second-order valence-corrected chi connectivity index (χ2v) is 15.1. The van der Waals surface area contributed by atoms with Crippen LogP contribution in [0.1, 0.15) is 26.5 Å². The maximum absolute atomic E-state index is 13.3. The van der Waals surface area contributed by atoms with Crippen LogP contribution in [-0.4, -0.2) is 55.5 Å². The molecule has 1 aliphatic heterocycles. The van der Waals surface area contributed by atoms with Crippen molar-refractivity contribution in [3.63, 3.8) is 0 Å². The van der Waals surface area contributed by atoms with Gasteiger partial charge in [0.2, 0.25) is 0 Å². The molecule has 1 aliphatic carbocycles. The fraction of sp³-hybridized carbons (Fsp3) is 0. The molecule has 0 atom stereocenters. The first kappa shape index (κ1) is 20.8. The van der Waals surface area contributed by atoms with Crippen LogP contribution in [-0.2, 0) is 0 Å². The molecule has 35 heavy (non-hydrogen) atoms. The van der Waals surface area contributed by atoms with Crippen molar-refractivity contribution in [2.45, 2.75) is 0 Å². The summed E-state index contributed by atoms with van der Waals surface area (Å²) >= 11 is 6.40. The van der Waals surface area contributed by atoms with E-state index in [1.807, 2.05) is 48.5 Å². The van der Waals surface area contributed by atoms with Crippen LogP contribution in [0.3, 0.4) is 0 Å². The fourth-order valence-corrected chi connectivity index (χ4v) is 10.8. The molecule has 7 heteroatoms. The van der Waals surface area contributed by atoms with Crippen molar-refractivity contribution < 1.29 is 11.0 Å². The average molecular weight is 670 g/mol. The van der Waals surface area contributed by atoms with Crippen molar-refractivity contribution in [2.75, 3.05) is 4.90 Å². The van der Waals surface area contributed by atoms with E-state index < -0.39 is 0 Å². The summed E-state index contributed by atoms with van der Waals surface area (Å²) in [5.74, 6) is -0.645. The number of carbonyl (C=O) groups excluding carboxylic acids is 2. The molecular formula is C28H14ClNO2Se3. The Bertz CT molecular complexity index is 1750. The van der Waals surface area contributed by atoms with E-state index in [9.17, 15) is 9.59 Å². The van der Waals surface area contributed by atoms with E-state index in [1.165, 1.54) is 8.92 Å². The average Bonchev–Trinajstić information content (AvgIpc) is 3.60. The van der Waals surface area contributed by atoms with Crippen LogP contribution in [0.25, 0.3) is 15.7 Å². The molecule has 2 aliphatic rings. The second kappa shape index (κ2) is 8.33. The Kier molecular flexibility index (Phi) is 4.94. The van der Waals surface area contributed by atoms with E-state index in [-0.39, 0.29) is 67.2 Å². The number of allylic oxidation sites excluding steroid dienone is 1. The fourth-order valence-electron chi connectivity index (χ4n) is 4.48.